The molecule has 1 N–H and O–H groups in total. The molecule has 0 unspecified atom stereocenters. The smallest absolute Gasteiger partial charge is 0.238 e. The zero-order chi connectivity index (χ0) is 19.1. The molecule has 1 aliphatic heterocycles. The Balaban J connectivity index is 1.89. The van der Waals surface area contributed by atoms with E-state index >= 15 is 0 Å². The molecule has 26 heavy (non-hydrogen) atoms. The minimum Gasteiger partial charge on any atom is -0.495 e. The summed E-state index contributed by atoms with van der Waals surface area (Å²) in [7, 11) is 3.31. The van der Waals surface area contributed by atoms with Gasteiger partial charge in [0.15, 0.2) is 0 Å². The van der Waals surface area contributed by atoms with E-state index in [4.69, 9.17) is 16.3 Å². The summed E-state index contributed by atoms with van der Waals surface area (Å²) in [6.45, 7) is 3.28. The highest BCUT2D eigenvalue weighted by Crippen LogP contribution is 2.27. The Morgan fingerprint density at radius 1 is 1.35 bits per heavy atom. The second-order valence-electron chi connectivity index (χ2n) is 6.71. The van der Waals surface area contributed by atoms with Crippen molar-refractivity contribution < 1.29 is 14.3 Å². The Hall–Kier alpha value is -1.79. The maximum Gasteiger partial charge on any atom is 0.238 e. The van der Waals surface area contributed by atoms with Gasteiger partial charge in [0.2, 0.25) is 11.8 Å². The van der Waals surface area contributed by atoms with Crippen LogP contribution in [-0.4, -0.2) is 61.4 Å². The molecule has 1 aromatic rings. The molecule has 0 bridgehead atoms. The standard InChI is InChI=1S/C19H28ClN3O3/c1-4-15-7-5-6-10-23(15)19(25)13-22(2)12-18(24)21-16-11-14(20)8-9-17(16)26-3/h8-9,11,15H,4-7,10,12-13H2,1-3H3,(H,21,24)/t15-/m0/s1. The van der Waals surface area contributed by atoms with Gasteiger partial charge in [0.25, 0.3) is 0 Å². The molecule has 0 radical (unpaired) electrons. The average Bonchev–Trinajstić information content (AvgIpc) is 2.61. The van der Waals surface area contributed by atoms with Gasteiger partial charge in [0, 0.05) is 17.6 Å². The van der Waals surface area contributed by atoms with Gasteiger partial charge in [-0.15, -0.1) is 0 Å². The quantitative estimate of drug-likeness (QED) is 0.788. The fraction of sp³-hybridized carbons (Fsp3) is 0.579. The van der Waals surface area contributed by atoms with Crippen LogP contribution in [0.15, 0.2) is 18.2 Å². The molecular weight excluding hydrogens is 354 g/mol. The lowest BCUT2D eigenvalue weighted by Gasteiger charge is -2.36. The van der Waals surface area contributed by atoms with Gasteiger partial charge in [-0.1, -0.05) is 18.5 Å². The number of anilines is 1. The summed E-state index contributed by atoms with van der Waals surface area (Å²) >= 11 is 5.98. The van der Waals surface area contributed by atoms with Gasteiger partial charge in [0.05, 0.1) is 25.9 Å². The van der Waals surface area contributed by atoms with Crippen LogP contribution in [0.25, 0.3) is 0 Å². The minimum atomic E-state index is -0.216. The van der Waals surface area contributed by atoms with Crippen molar-refractivity contribution in [2.45, 2.75) is 38.6 Å². The molecule has 1 aromatic carbocycles. The van der Waals surface area contributed by atoms with E-state index in [1.165, 1.54) is 13.5 Å². The molecular formula is C19H28ClN3O3. The van der Waals surface area contributed by atoms with Gasteiger partial charge in [-0.2, -0.15) is 0 Å². The number of carbonyl (C=O) groups excluding carboxylic acids is 2. The summed E-state index contributed by atoms with van der Waals surface area (Å²) in [6, 6.07) is 5.37. The number of hydrogen-bond acceptors (Lipinski definition) is 4. The van der Waals surface area contributed by atoms with Crippen LogP contribution in [0.1, 0.15) is 32.6 Å². The summed E-state index contributed by atoms with van der Waals surface area (Å²) in [5.74, 6) is 0.416. The molecule has 7 heteroatoms. The third-order valence-corrected chi connectivity index (χ3v) is 4.91. The van der Waals surface area contributed by atoms with Gasteiger partial charge < -0.3 is 15.0 Å². The number of amides is 2. The van der Waals surface area contributed by atoms with Gasteiger partial charge in [-0.25, -0.2) is 0 Å². The molecule has 1 heterocycles. The number of halogens is 1. The lowest BCUT2D eigenvalue weighted by atomic mass is 10.00. The Morgan fingerprint density at radius 3 is 2.81 bits per heavy atom. The number of ether oxygens (including phenoxy) is 1. The number of piperidine rings is 1. The van der Waals surface area contributed by atoms with E-state index < -0.39 is 0 Å². The Kier molecular flexibility index (Phi) is 7.72. The van der Waals surface area contributed by atoms with E-state index in [0.29, 0.717) is 22.5 Å². The number of likely N-dealkylation sites (tertiary alicyclic amines) is 1. The molecule has 6 nitrogen and oxygen atoms in total. The first-order valence-electron chi connectivity index (χ1n) is 9.06. The molecule has 0 saturated carbocycles. The highest BCUT2D eigenvalue weighted by atomic mass is 35.5. The second-order valence-corrected chi connectivity index (χ2v) is 7.15. The highest BCUT2D eigenvalue weighted by molar-refractivity contribution is 6.31. The van der Waals surface area contributed by atoms with Crippen molar-refractivity contribution in [1.82, 2.24) is 9.80 Å². The molecule has 1 atom stereocenters. The molecule has 2 amide bonds. The van der Waals surface area contributed by atoms with E-state index in [1.54, 1.807) is 30.1 Å². The molecule has 1 fully saturated rings. The van der Waals surface area contributed by atoms with Gasteiger partial charge in [0.1, 0.15) is 5.75 Å². The lowest BCUT2D eigenvalue weighted by Crippen LogP contribution is -2.48. The highest BCUT2D eigenvalue weighted by Gasteiger charge is 2.26. The Morgan fingerprint density at radius 2 is 2.12 bits per heavy atom. The summed E-state index contributed by atoms with van der Waals surface area (Å²) in [5, 5.41) is 3.31. The number of nitrogens with one attached hydrogen (secondary N) is 1. The van der Waals surface area contributed by atoms with Crippen molar-refractivity contribution in [1.29, 1.82) is 0 Å². The van der Waals surface area contributed by atoms with Crippen LogP contribution in [0.3, 0.4) is 0 Å². The summed E-state index contributed by atoms with van der Waals surface area (Å²) < 4.78 is 5.23. The normalized spacial score (nSPS) is 17.3. The first kappa shape index (κ1) is 20.5. The van der Waals surface area contributed by atoms with E-state index in [9.17, 15) is 9.59 Å². The fourth-order valence-corrected chi connectivity index (χ4v) is 3.52. The summed E-state index contributed by atoms with van der Waals surface area (Å²) in [4.78, 5) is 28.6. The van der Waals surface area contributed by atoms with Crippen LogP contribution < -0.4 is 10.1 Å². The number of rotatable bonds is 7. The van der Waals surface area contributed by atoms with Crippen molar-refractivity contribution in [3.63, 3.8) is 0 Å². The van der Waals surface area contributed by atoms with Crippen LogP contribution >= 0.6 is 11.6 Å². The zero-order valence-electron chi connectivity index (χ0n) is 15.8. The Labute approximate surface area is 160 Å². The van der Waals surface area contributed by atoms with Crippen LogP contribution in [0.2, 0.25) is 5.02 Å². The van der Waals surface area contributed by atoms with Crippen LogP contribution in [0.5, 0.6) is 5.75 Å². The van der Waals surface area contributed by atoms with Crippen molar-refractivity contribution in [2.75, 3.05) is 39.1 Å². The summed E-state index contributed by atoms with van der Waals surface area (Å²) in [6.07, 6.45) is 4.29. The van der Waals surface area contributed by atoms with Crippen LogP contribution in [0, 0.1) is 0 Å². The predicted molar refractivity (Wildman–Crippen MR) is 104 cm³/mol. The van der Waals surface area contributed by atoms with E-state index in [2.05, 4.69) is 12.2 Å². The van der Waals surface area contributed by atoms with Crippen molar-refractivity contribution in [3.05, 3.63) is 23.2 Å². The SMILES string of the molecule is CC[C@H]1CCCCN1C(=O)CN(C)CC(=O)Nc1cc(Cl)ccc1OC. The van der Waals surface area contributed by atoms with E-state index in [-0.39, 0.29) is 24.9 Å². The fourth-order valence-electron chi connectivity index (χ4n) is 3.34. The largest absolute Gasteiger partial charge is 0.495 e. The number of nitrogens with zero attached hydrogens (tertiary/aromatic N) is 2. The van der Waals surface area contributed by atoms with Crippen LogP contribution in [0.4, 0.5) is 5.69 Å². The molecule has 2 rings (SSSR count). The van der Waals surface area contributed by atoms with Gasteiger partial charge in [-0.3, -0.25) is 14.5 Å². The molecule has 0 spiro atoms. The van der Waals surface area contributed by atoms with E-state index in [0.717, 1.165) is 25.8 Å². The maximum atomic E-state index is 12.6. The third-order valence-electron chi connectivity index (χ3n) is 4.67. The van der Waals surface area contributed by atoms with Gasteiger partial charge >= 0.3 is 0 Å². The first-order chi connectivity index (χ1) is 12.4. The van der Waals surface area contributed by atoms with Crippen molar-refractivity contribution in [3.8, 4) is 5.75 Å². The number of likely N-dealkylation sites (N-methyl/N-ethyl adjacent to an activating group) is 1. The monoisotopic (exact) mass is 381 g/mol. The topological polar surface area (TPSA) is 61.9 Å². The van der Waals surface area contributed by atoms with Crippen LogP contribution in [-0.2, 0) is 9.59 Å². The molecule has 0 aliphatic carbocycles. The number of methoxy groups -OCH3 is 1. The molecule has 144 valence electrons. The number of carbonyl (C=O) groups is 2. The summed E-state index contributed by atoms with van der Waals surface area (Å²) in [5.41, 5.74) is 0.520. The lowest BCUT2D eigenvalue weighted by molar-refractivity contribution is -0.136. The molecule has 0 aromatic heterocycles. The zero-order valence-corrected chi connectivity index (χ0v) is 16.5. The number of hydrogen-bond donors (Lipinski definition) is 1. The molecule has 1 saturated heterocycles. The second kappa shape index (κ2) is 9.78. The maximum absolute atomic E-state index is 12.6. The van der Waals surface area contributed by atoms with Gasteiger partial charge in [-0.05, 0) is 50.9 Å². The minimum absolute atomic E-state index is 0.0900. The Bertz CT molecular complexity index is 638. The predicted octanol–water partition coefficient (Wildman–Crippen LogP) is 3.01. The third kappa shape index (κ3) is 5.61. The van der Waals surface area contributed by atoms with E-state index in [1.807, 2.05) is 4.90 Å². The number of benzene rings is 1. The van der Waals surface area contributed by atoms with Crippen molar-refractivity contribution >= 4 is 29.1 Å². The molecule has 1 aliphatic rings. The first-order valence-corrected chi connectivity index (χ1v) is 9.43. The van der Waals surface area contributed by atoms with Crippen molar-refractivity contribution in [2.24, 2.45) is 0 Å². The average molecular weight is 382 g/mol.